The highest BCUT2D eigenvalue weighted by Gasteiger charge is 2.12. The van der Waals surface area contributed by atoms with Crippen LogP contribution in [0.2, 0.25) is 5.02 Å². The van der Waals surface area contributed by atoms with Crippen LogP contribution in [0, 0.1) is 11.3 Å². The maximum Gasteiger partial charge on any atom is 0.101 e. The summed E-state index contributed by atoms with van der Waals surface area (Å²) < 4.78 is 0. The molecule has 0 saturated carbocycles. The van der Waals surface area contributed by atoms with Gasteiger partial charge in [0, 0.05) is 5.02 Å². The van der Waals surface area contributed by atoms with Gasteiger partial charge in [0.1, 0.15) is 6.07 Å². The zero-order valence-corrected chi connectivity index (χ0v) is 10.9. The standard InChI is InChI=1S/C15H13ClN2O/c16-13-6-7-14(12(8-13)9-17)18-15(10-19)11-4-2-1-3-5-11/h1-8,15,18-19H,10H2. The Morgan fingerprint density at radius 1 is 1.21 bits per heavy atom. The van der Waals surface area contributed by atoms with E-state index in [4.69, 9.17) is 16.9 Å². The van der Waals surface area contributed by atoms with Gasteiger partial charge in [-0.3, -0.25) is 0 Å². The molecule has 2 aromatic rings. The van der Waals surface area contributed by atoms with Gasteiger partial charge in [-0.2, -0.15) is 5.26 Å². The van der Waals surface area contributed by atoms with Gasteiger partial charge in [-0.05, 0) is 23.8 Å². The quantitative estimate of drug-likeness (QED) is 0.897. The van der Waals surface area contributed by atoms with E-state index in [1.54, 1.807) is 18.2 Å². The minimum atomic E-state index is -0.255. The molecule has 19 heavy (non-hydrogen) atoms. The first-order valence-corrected chi connectivity index (χ1v) is 6.24. The minimum Gasteiger partial charge on any atom is -0.394 e. The Hall–Kier alpha value is -2.02. The van der Waals surface area contributed by atoms with Crippen LogP contribution >= 0.6 is 11.6 Å². The first-order chi connectivity index (χ1) is 9.24. The Kier molecular flexibility index (Phi) is 4.40. The summed E-state index contributed by atoms with van der Waals surface area (Å²) in [5.41, 5.74) is 2.08. The van der Waals surface area contributed by atoms with Crippen molar-refractivity contribution in [3.63, 3.8) is 0 Å². The number of aliphatic hydroxyl groups excluding tert-OH is 1. The average Bonchev–Trinajstić information content (AvgIpc) is 2.46. The third-order valence-electron chi connectivity index (χ3n) is 2.82. The second-order valence-electron chi connectivity index (χ2n) is 4.09. The number of halogens is 1. The van der Waals surface area contributed by atoms with E-state index in [9.17, 15) is 5.11 Å². The molecule has 0 amide bonds. The monoisotopic (exact) mass is 272 g/mol. The van der Waals surface area contributed by atoms with Crippen molar-refractivity contribution in [2.24, 2.45) is 0 Å². The molecule has 0 aliphatic rings. The Labute approximate surface area is 117 Å². The van der Waals surface area contributed by atoms with Crippen LogP contribution in [-0.2, 0) is 0 Å². The third-order valence-corrected chi connectivity index (χ3v) is 3.05. The zero-order valence-electron chi connectivity index (χ0n) is 10.2. The van der Waals surface area contributed by atoms with Gasteiger partial charge in [-0.1, -0.05) is 41.9 Å². The third kappa shape index (κ3) is 3.25. The fraction of sp³-hybridized carbons (Fsp3) is 0.133. The van der Waals surface area contributed by atoms with E-state index in [2.05, 4.69) is 11.4 Å². The highest BCUT2D eigenvalue weighted by atomic mass is 35.5. The molecule has 0 aliphatic heterocycles. The van der Waals surface area contributed by atoms with Crippen LogP contribution in [0.25, 0.3) is 0 Å². The van der Waals surface area contributed by atoms with Gasteiger partial charge < -0.3 is 10.4 Å². The summed E-state index contributed by atoms with van der Waals surface area (Å²) in [6.45, 7) is -0.0580. The lowest BCUT2D eigenvalue weighted by Crippen LogP contribution is -2.15. The molecule has 0 bridgehead atoms. The van der Waals surface area contributed by atoms with Crippen LogP contribution in [0.4, 0.5) is 5.69 Å². The molecule has 2 aromatic carbocycles. The number of anilines is 1. The van der Waals surface area contributed by atoms with E-state index >= 15 is 0 Å². The van der Waals surface area contributed by atoms with Crippen LogP contribution in [0.3, 0.4) is 0 Å². The van der Waals surface area contributed by atoms with Crippen molar-refractivity contribution in [1.82, 2.24) is 0 Å². The van der Waals surface area contributed by atoms with E-state index in [1.165, 1.54) is 0 Å². The summed E-state index contributed by atoms with van der Waals surface area (Å²) in [4.78, 5) is 0. The predicted octanol–water partition coefficient (Wildman–Crippen LogP) is 3.36. The van der Waals surface area contributed by atoms with Crippen molar-refractivity contribution >= 4 is 17.3 Å². The van der Waals surface area contributed by atoms with Crippen molar-refractivity contribution in [3.8, 4) is 6.07 Å². The van der Waals surface area contributed by atoms with E-state index in [0.717, 1.165) is 5.56 Å². The van der Waals surface area contributed by atoms with Crippen molar-refractivity contribution in [2.45, 2.75) is 6.04 Å². The minimum absolute atomic E-state index is 0.0580. The van der Waals surface area contributed by atoms with E-state index < -0.39 is 0 Å². The van der Waals surface area contributed by atoms with Gasteiger partial charge in [-0.15, -0.1) is 0 Å². The van der Waals surface area contributed by atoms with Gasteiger partial charge >= 0.3 is 0 Å². The van der Waals surface area contributed by atoms with Gasteiger partial charge in [0.25, 0.3) is 0 Å². The summed E-state index contributed by atoms with van der Waals surface area (Å²) in [7, 11) is 0. The fourth-order valence-electron chi connectivity index (χ4n) is 1.84. The van der Waals surface area contributed by atoms with Crippen LogP contribution in [0.5, 0.6) is 0 Å². The van der Waals surface area contributed by atoms with Gasteiger partial charge in [0.15, 0.2) is 0 Å². The molecule has 0 saturated heterocycles. The first-order valence-electron chi connectivity index (χ1n) is 5.86. The van der Waals surface area contributed by atoms with Crippen molar-refractivity contribution < 1.29 is 5.11 Å². The number of nitrogens with one attached hydrogen (secondary N) is 1. The van der Waals surface area contributed by atoms with Crippen LogP contribution in [0.15, 0.2) is 48.5 Å². The summed E-state index contributed by atoms with van der Waals surface area (Å²) >= 11 is 5.85. The first kappa shape index (κ1) is 13.4. The molecule has 0 aromatic heterocycles. The maximum atomic E-state index is 9.49. The molecule has 1 atom stereocenters. The Morgan fingerprint density at radius 2 is 1.95 bits per heavy atom. The van der Waals surface area contributed by atoms with E-state index in [-0.39, 0.29) is 12.6 Å². The highest BCUT2D eigenvalue weighted by Crippen LogP contribution is 2.24. The molecule has 0 heterocycles. The number of hydrogen-bond acceptors (Lipinski definition) is 3. The van der Waals surface area contributed by atoms with Crippen molar-refractivity contribution in [2.75, 3.05) is 11.9 Å². The lowest BCUT2D eigenvalue weighted by molar-refractivity contribution is 0.276. The molecule has 3 nitrogen and oxygen atoms in total. The molecule has 2 N–H and O–H groups in total. The molecular weight excluding hydrogens is 260 g/mol. The normalized spacial score (nSPS) is 11.6. The van der Waals surface area contributed by atoms with Crippen molar-refractivity contribution in [3.05, 3.63) is 64.7 Å². The molecule has 0 aliphatic carbocycles. The lowest BCUT2D eigenvalue weighted by Gasteiger charge is -2.19. The molecule has 4 heteroatoms. The molecule has 0 radical (unpaired) electrons. The molecule has 0 fully saturated rings. The number of nitrogens with zero attached hydrogens (tertiary/aromatic N) is 1. The SMILES string of the molecule is N#Cc1cc(Cl)ccc1NC(CO)c1ccccc1. The Balaban J connectivity index is 2.27. The van der Waals surface area contributed by atoms with Crippen LogP contribution in [-0.4, -0.2) is 11.7 Å². The van der Waals surface area contributed by atoms with E-state index in [0.29, 0.717) is 16.3 Å². The Bertz CT molecular complexity index is 593. The van der Waals surface area contributed by atoms with Crippen LogP contribution < -0.4 is 5.32 Å². The summed E-state index contributed by atoms with van der Waals surface area (Å²) in [5.74, 6) is 0. The molecule has 1 unspecified atom stereocenters. The van der Waals surface area contributed by atoms with Crippen LogP contribution in [0.1, 0.15) is 17.2 Å². The number of benzene rings is 2. The zero-order chi connectivity index (χ0) is 13.7. The molecule has 96 valence electrons. The van der Waals surface area contributed by atoms with Gasteiger partial charge in [0.05, 0.1) is 23.9 Å². The number of nitriles is 1. The molecule has 2 rings (SSSR count). The summed E-state index contributed by atoms with van der Waals surface area (Å²) in [6, 6.07) is 16.5. The highest BCUT2D eigenvalue weighted by molar-refractivity contribution is 6.30. The number of hydrogen-bond donors (Lipinski definition) is 2. The van der Waals surface area contributed by atoms with Gasteiger partial charge in [0.2, 0.25) is 0 Å². The fourth-order valence-corrected chi connectivity index (χ4v) is 2.01. The number of aliphatic hydroxyl groups is 1. The largest absolute Gasteiger partial charge is 0.394 e. The lowest BCUT2D eigenvalue weighted by atomic mass is 10.1. The topological polar surface area (TPSA) is 56.0 Å². The second-order valence-corrected chi connectivity index (χ2v) is 4.53. The maximum absolute atomic E-state index is 9.49. The van der Waals surface area contributed by atoms with Crippen molar-refractivity contribution in [1.29, 1.82) is 5.26 Å². The Morgan fingerprint density at radius 3 is 2.58 bits per heavy atom. The predicted molar refractivity (Wildman–Crippen MR) is 76.1 cm³/mol. The number of rotatable bonds is 4. The smallest absolute Gasteiger partial charge is 0.101 e. The molecular formula is C15H13ClN2O. The summed E-state index contributed by atoms with van der Waals surface area (Å²) in [5, 5.41) is 22.3. The van der Waals surface area contributed by atoms with Gasteiger partial charge in [-0.25, -0.2) is 0 Å². The second kappa shape index (κ2) is 6.24. The average molecular weight is 273 g/mol. The molecule has 0 spiro atoms. The van der Waals surface area contributed by atoms with E-state index in [1.807, 2.05) is 30.3 Å². The summed E-state index contributed by atoms with van der Waals surface area (Å²) in [6.07, 6.45) is 0.